The monoisotopic (exact) mass is 291 g/mol. The van der Waals surface area contributed by atoms with Gasteiger partial charge in [0, 0.05) is 22.6 Å². The first kappa shape index (κ1) is 13.0. The molecule has 17 heavy (non-hydrogen) atoms. The van der Waals surface area contributed by atoms with Crippen LogP contribution in [0, 0.1) is 0 Å². The first-order chi connectivity index (χ1) is 8.11. The van der Waals surface area contributed by atoms with E-state index in [1.54, 1.807) is 23.1 Å². The third-order valence-corrected chi connectivity index (χ3v) is 3.60. The molecule has 1 amide bonds. The normalized spacial score (nSPS) is 14.8. The van der Waals surface area contributed by atoms with Gasteiger partial charge in [0.1, 0.15) is 5.88 Å². The Morgan fingerprint density at radius 1 is 1.35 bits per heavy atom. The molecule has 0 aliphatic heterocycles. The number of nitrogens with zero attached hydrogens (tertiary/aromatic N) is 1. The van der Waals surface area contributed by atoms with Crippen molar-refractivity contribution in [3.8, 4) is 0 Å². The highest BCUT2D eigenvalue weighted by Crippen LogP contribution is 2.30. The summed E-state index contributed by atoms with van der Waals surface area (Å²) in [4.78, 5) is 13.5. The number of carbonyl (C=O) groups excluding carboxylic acids is 1. The summed E-state index contributed by atoms with van der Waals surface area (Å²) in [7, 11) is 0. The maximum Gasteiger partial charge on any atom is 0.238 e. The van der Waals surface area contributed by atoms with Crippen molar-refractivity contribution >= 4 is 40.7 Å². The molecule has 0 unspecified atom stereocenters. The summed E-state index contributed by atoms with van der Waals surface area (Å²) in [6.45, 7) is 0.482. The molecule has 2 nitrogen and oxygen atoms in total. The Bertz CT molecular complexity index is 432. The summed E-state index contributed by atoms with van der Waals surface area (Å²) >= 11 is 17.6. The summed E-state index contributed by atoms with van der Waals surface area (Å²) < 4.78 is 0. The smallest absolute Gasteiger partial charge is 0.238 e. The molecule has 0 heterocycles. The first-order valence-corrected chi connectivity index (χ1v) is 6.70. The van der Waals surface area contributed by atoms with E-state index in [4.69, 9.17) is 34.8 Å². The standard InChI is InChI=1S/C12H12Cl3NO/c13-6-12(17)16(10-2-3-10)7-8-5-9(14)1-4-11(8)15/h1,4-5,10H,2-3,6-7H2. The number of carbonyl (C=O) groups is 1. The van der Waals surface area contributed by atoms with Crippen molar-refractivity contribution in [1.82, 2.24) is 4.90 Å². The Morgan fingerprint density at radius 3 is 2.65 bits per heavy atom. The molecular weight excluding hydrogens is 280 g/mol. The van der Waals surface area contributed by atoms with Crippen molar-refractivity contribution in [2.75, 3.05) is 5.88 Å². The zero-order chi connectivity index (χ0) is 12.4. The molecule has 0 saturated heterocycles. The van der Waals surface area contributed by atoms with Gasteiger partial charge in [0.2, 0.25) is 5.91 Å². The van der Waals surface area contributed by atoms with E-state index in [0.717, 1.165) is 18.4 Å². The Morgan fingerprint density at radius 2 is 2.06 bits per heavy atom. The van der Waals surface area contributed by atoms with Crippen LogP contribution in [0.3, 0.4) is 0 Å². The lowest BCUT2D eigenvalue weighted by Crippen LogP contribution is -2.33. The molecule has 1 aromatic rings. The fourth-order valence-electron chi connectivity index (χ4n) is 1.73. The average molecular weight is 293 g/mol. The number of rotatable bonds is 4. The zero-order valence-electron chi connectivity index (χ0n) is 9.13. The molecule has 0 N–H and O–H groups in total. The SMILES string of the molecule is O=C(CCl)N(Cc1cc(Cl)ccc1Cl)C1CC1. The highest BCUT2D eigenvalue weighted by atomic mass is 35.5. The first-order valence-electron chi connectivity index (χ1n) is 5.41. The van der Waals surface area contributed by atoms with E-state index in [1.165, 1.54) is 0 Å². The second kappa shape index (κ2) is 5.47. The maximum absolute atomic E-state index is 11.7. The van der Waals surface area contributed by atoms with Crippen molar-refractivity contribution in [3.63, 3.8) is 0 Å². The largest absolute Gasteiger partial charge is 0.334 e. The number of alkyl halides is 1. The number of amides is 1. The van der Waals surface area contributed by atoms with Crippen LogP contribution in [0.5, 0.6) is 0 Å². The Balaban J connectivity index is 2.16. The third kappa shape index (κ3) is 3.27. The molecule has 0 bridgehead atoms. The van der Waals surface area contributed by atoms with Crippen molar-refractivity contribution < 1.29 is 4.79 Å². The summed E-state index contributed by atoms with van der Waals surface area (Å²) in [5.41, 5.74) is 0.865. The fraction of sp³-hybridized carbons (Fsp3) is 0.417. The highest BCUT2D eigenvalue weighted by molar-refractivity contribution is 6.33. The van der Waals surface area contributed by atoms with Crippen LogP contribution in [-0.2, 0) is 11.3 Å². The van der Waals surface area contributed by atoms with Crippen LogP contribution in [0.4, 0.5) is 0 Å². The van der Waals surface area contributed by atoms with Crippen LogP contribution in [0.15, 0.2) is 18.2 Å². The summed E-state index contributed by atoms with van der Waals surface area (Å²) in [5.74, 6) is -0.0421. The zero-order valence-corrected chi connectivity index (χ0v) is 11.4. The van der Waals surface area contributed by atoms with E-state index in [9.17, 15) is 4.79 Å². The van der Waals surface area contributed by atoms with Gasteiger partial charge in [0.05, 0.1) is 0 Å². The van der Waals surface area contributed by atoms with Crippen LogP contribution >= 0.6 is 34.8 Å². The van der Waals surface area contributed by atoms with Gasteiger partial charge in [-0.05, 0) is 36.6 Å². The van der Waals surface area contributed by atoms with Gasteiger partial charge in [-0.2, -0.15) is 0 Å². The molecule has 92 valence electrons. The fourth-order valence-corrected chi connectivity index (χ4v) is 2.26. The Kier molecular flexibility index (Phi) is 4.18. The topological polar surface area (TPSA) is 20.3 Å². The lowest BCUT2D eigenvalue weighted by atomic mass is 10.2. The number of hydrogen-bond acceptors (Lipinski definition) is 1. The van der Waals surface area contributed by atoms with Crippen molar-refractivity contribution in [1.29, 1.82) is 0 Å². The third-order valence-electron chi connectivity index (χ3n) is 2.77. The molecule has 2 rings (SSSR count). The van der Waals surface area contributed by atoms with Gasteiger partial charge in [-0.15, -0.1) is 11.6 Å². The summed E-state index contributed by atoms with van der Waals surface area (Å²) in [6.07, 6.45) is 2.08. The molecule has 0 radical (unpaired) electrons. The highest BCUT2D eigenvalue weighted by Gasteiger charge is 2.32. The second-order valence-corrected chi connectivity index (χ2v) is 5.23. The van der Waals surface area contributed by atoms with Crippen LogP contribution in [0.25, 0.3) is 0 Å². The number of hydrogen-bond donors (Lipinski definition) is 0. The second-order valence-electron chi connectivity index (χ2n) is 4.12. The van der Waals surface area contributed by atoms with Crippen molar-refractivity contribution in [2.24, 2.45) is 0 Å². The maximum atomic E-state index is 11.7. The van der Waals surface area contributed by atoms with Gasteiger partial charge in [0.25, 0.3) is 0 Å². The van der Waals surface area contributed by atoms with Crippen LogP contribution in [0.1, 0.15) is 18.4 Å². The average Bonchev–Trinajstić information content (AvgIpc) is 3.13. The quantitative estimate of drug-likeness (QED) is 0.775. The molecule has 0 spiro atoms. The lowest BCUT2D eigenvalue weighted by molar-refractivity contribution is -0.129. The van der Waals surface area contributed by atoms with E-state index in [2.05, 4.69) is 0 Å². The molecule has 0 atom stereocenters. The van der Waals surface area contributed by atoms with Crippen molar-refractivity contribution in [2.45, 2.75) is 25.4 Å². The molecule has 1 aromatic carbocycles. The molecule has 0 aromatic heterocycles. The van der Waals surface area contributed by atoms with Gasteiger partial charge in [-0.3, -0.25) is 4.79 Å². The van der Waals surface area contributed by atoms with Gasteiger partial charge in [-0.25, -0.2) is 0 Å². The molecule has 1 aliphatic carbocycles. The van der Waals surface area contributed by atoms with Crippen LogP contribution in [-0.4, -0.2) is 22.7 Å². The van der Waals surface area contributed by atoms with Crippen LogP contribution in [0.2, 0.25) is 10.0 Å². The number of halogens is 3. The molecule has 1 fully saturated rings. The minimum atomic E-state index is -0.0507. The van der Waals surface area contributed by atoms with E-state index < -0.39 is 0 Å². The minimum Gasteiger partial charge on any atom is -0.334 e. The molecule has 5 heteroatoms. The van der Waals surface area contributed by atoms with Gasteiger partial charge < -0.3 is 4.90 Å². The Hall–Kier alpha value is -0.440. The van der Waals surface area contributed by atoms with Gasteiger partial charge in [-0.1, -0.05) is 23.2 Å². The molecular formula is C12H12Cl3NO. The molecule has 1 saturated carbocycles. The molecule has 1 aliphatic rings. The van der Waals surface area contributed by atoms with E-state index in [1.807, 2.05) is 0 Å². The summed E-state index contributed by atoms with van der Waals surface area (Å²) in [6, 6.07) is 5.59. The van der Waals surface area contributed by atoms with Gasteiger partial charge >= 0.3 is 0 Å². The van der Waals surface area contributed by atoms with E-state index in [-0.39, 0.29) is 11.8 Å². The van der Waals surface area contributed by atoms with E-state index >= 15 is 0 Å². The van der Waals surface area contributed by atoms with Crippen molar-refractivity contribution in [3.05, 3.63) is 33.8 Å². The lowest BCUT2D eigenvalue weighted by Gasteiger charge is -2.22. The number of benzene rings is 1. The predicted octanol–water partition coefficient (Wildman–Crippen LogP) is 3.72. The van der Waals surface area contributed by atoms with E-state index in [0.29, 0.717) is 22.6 Å². The van der Waals surface area contributed by atoms with Gasteiger partial charge in [0.15, 0.2) is 0 Å². The summed E-state index contributed by atoms with van der Waals surface area (Å²) in [5, 5.41) is 1.25. The van der Waals surface area contributed by atoms with Crippen LogP contribution < -0.4 is 0 Å². The predicted molar refractivity (Wildman–Crippen MR) is 70.8 cm³/mol. The minimum absolute atomic E-state index is 0.00862. The Labute approximate surface area is 115 Å².